The maximum Gasteiger partial charge on any atom is 0.311 e. The van der Waals surface area contributed by atoms with Gasteiger partial charge in [-0.2, -0.15) is 0 Å². The number of carboxylic acid groups (broad SMARTS) is 1. The molecule has 0 saturated heterocycles. The van der Waals surface area contributed by atoms with Crippen LogP contribution in [0, 0.1) is 20.8 Å². The number of rotatable bonds is 4. The van der Waals surface area contributed by atoms with Crippen LogP contribution in [-0.2, 0) is 11.2 Å². The van der Waals surface area contributed by atoms with Crippen LogP contribution in [-0.4, -0.2) is 23.6 Å². The van der Waals surface area contributed by atoms with Crippen molar-refractivity contribution in [2.45, 2.75) is 33.2 Å². The molecule has 6 nitrogen and oxygen atoms in total. The van der Waals surface area contributed by atoms with E-state index >= 15 is 0 Å². The smallest absolute Gasteiger partial charge is 0.311 e. The first-order valence-electron chi connectivity index (χ1n) is 7.71. The third kappa shape index (κ3) is 2.75. The SMILES string of the molecule is Cc1ccc2c(c1C)OCC2NC(=O)c1c(C)coc1CC(=O)O. The van der Waals surface area contributed by atoms with Crippen molar-refractivity contribution >= 4 is 11.9 Å². The van der Waals surface area contributed by atoms with Crippen molar-refractivity contribution in [1.82, 2.24) is 5.32 Å². The summed E-state index contributed by atoms with van der Waals surface area (Å²) < 4.78 is 11.0. The fourth-order valence-electron chi connectivity index (χ4n) is 2.95. The Hall–Kier alpha value is -2.76. The molecule has 1 aromatic heterocycles. The molecule has 1 unspecified atom stereocenters. The Labute approximate surface area is 139 Å². The fraction of sp³-hybridized carbons (Fsp3) is 0.333. The molecule has 0 spiro atoms. The van der Waals surface area contributed by atoms with Gasteiger partial charge in [0.15, 0.2) is 0 Å². The summed E-state index contributed by atoms with van der Waals surface area (Å²) in [5, 5.41) is 11.9. The first-order chi connectivity index (χ1) is 11.4. The number of amides is 1. The number of carbonyl (C=O) groups excluding carboxylic acids is 1. The van der Waals surface area contributed by atoms with E-state index in [1.54, 1.807) is 6.92 Å². The van der Waals surface area contributed by atoms with Crippen LogP contribution in [0.4, 0.5) is 0 Å². The van der Waals surface area contributed by atoms with Gasteiger partial charge in [0, 0.05) is 11.1 Å². The zero-order valence-corrected chi connectivity index (χ0v) is 13.8. The van der Waals surface area contributed by atoms with Crippen molar-refractivity contribution in [3.8, 4) is 5.75 Å². The second-order valence-corrected chi connectivity index (χ2v) is 6.05. The minimum atomic E-state index is -1.04. The highest BCUT2D eigenvalue weighted by molar-refractivity contribution is 5.97. The summed E-state index contributed by atoms with van der Waals surface area (Å²) >= 11 is 0. The molecular formula is C18H19NO5. The Morgan fingerprint density at radius 1 is 1.25 bits per heavy atom. The molecule has 6 heteroatoms. The van der Waals surface area contributed by atoms with Gasteiger partial charge in [-0.3, -0.25) is 9.59 Å². The molecule has 126 valence electrons. The number of carbonyl (C=O) groups is 2. The number of aliphatic carboxylic acids is 1. The number of hydrogen-bond donors (Lipinski definition) is 2. The zero-order valence-electron chi connectivity index (χ0n) is 13.8. The highest BCUT2D eigenvalue weighted by atomic mass is 16.5. The summed E-state index contributed by atoms with van der Waals surface area (Å²) in [4.78, 5) is 23.5. The Morgan fingerprint density at radius 3 is 2.71 bits per heavy atom. The van der Waals surface area contributed by atoms with E-state index in [2.05, 4.69) is 5.32 Å². The van der Waals surface area contributed by atoms with Crippen LogP contribution in [0.5, 0.6) is 5.75 Å². The number of benzene rings is 1. The highest BCUT2D eigenvalue weighted by Crippen LogP contribution is 2.36. The van der Waals surface area contributed by atoms with Gasteiger partial charge in [0.05, 0.1) is 17.9 Å². The molecule has 3 rings (SSSR count). The number of carboxylic acids is 1. The lowest BCUT2D eigenvalue weighted by molar-refractivity contribution is -0.136. The molecule has 0 fully saturated rings. The van der Waals surface area contributed by atoms with Crippen LogP contribution in [0.2, 0.25) is 0 Å². The molecule has 1 atom stereocenters. The minimum Gasteiger partial charge on any atom is -0.490 e. The Morgan fingerprint density at radius 2 is 2.00 bits per heavy atom. The van der Waals surface area contributed by atoms with Crippen molar-refractivity contribution in [3.63, 3.8) is 0 Å². The van der Waals surface area contributed by atoms with E-state index in [1.165, 1.54) is 6.26 Å². The molecule has 1 amide bonds. The lowest BCUT2D eigenvalue weighted by atomic mass is 10.0. The third-order valence-corrected chi connectivity index (χ3v) is 4.37. The van der Waals surface area contributed by atoms with Gasteiger partial charge in [-0.25, -0.2) is 0 Å². The fourth-order valence-corrected chi connectivity index (χ4v) is 2.95. The molecule has 0 bridgehead atoms. The molecule has 0 radical (unpaired) electrons. The predicted molar refractivity (Wildman–Crippen MR) is 86.4 cm³/mol. The van der Waals surface area contributed by atoms with Crippen molar-refractivity contribution in [1.29, 1.82) is 0 Å². The normalized spacial score (nSPS) is 15.7. The number of aryl methyl sites for hydroxylation is 2. The Bertz CT molecular complexity index is 821. The zero-order chi connectivity index (χ0) is 17.4. The van der Waals surface area contributed by atoms with Gasteiger partial charge in [-0.05, 0) is 31.9 Å². The van der Waals surface area contributed by atoms with Gasteiger partial charge >= 0.3 is 5.97 Å². The van der Waals surface area contributed by atoms with E-state index in [-0.39, 0.29) is 29.7 Å². The van der Waals surface area contributed by atoms with Crippen LogP contribution in [0.25, 0.3) is 0 Å². The Balaban J connectivity index is 1.85. The molecule has 2 N–H and O–H groups in total. The quantitative estimate of drug-likeness (QED) is 0.900. The molecule has 0 aliphatic carbocycles. The predicted octanol–water partition coefficient (Wildman–Crippen LogP) is 2.70. The van der Waals surface area contributed by atoms with Crippen LogP contribution >= 0.6 is 0 Å². The molecule has 1 aliphatic heterocycles. The number of nitrogens with one attached hydrogen (secondary N) is 1. The largest absolute Gasteiger partial charge is 0.490 e. The molecule has 1 aliphatic rings. The lowest BCUT2D eigenvalue weighted by Gasteiger charge is -2.13. The van der Waals surface area contributed by atoms with Crippen LogP contribution in [0.3, 0.4) is 0 Å². The number of furan rings is 1. The van der Waals surface area contributed by atoms with Crippen LogP contribution in [0.15, 0.2) is 22.8 Å². The van der Waals surface area contributed by atoms with Gasteiger partial charge in [0.2, 0.25) is 0 Å². The third-order valence-electron chi connectivity index (χ3n) is 4.37. The second-order valence-electron chi connectivity index (χ2n) is 6.05. The average Bonchev–Trinajstić information content (AvgIpc) is 3.07. The van der Waals surface area contributed by atoms with Crippen LogP contribution in [0.1, 0.15) is 44.4 Å². The van der Waals surface area contributed by atoms with Crippen LogP contribution < -0.4 is 10.1 Å². The summed E-state index contributed by atoms with van der Waals surface area (Å²) in [6, 6.07) is 3.69. The maximum atomic E-state index is 12.6. The first-order valence-corrected chi connectivity index (χ1v) is 7.71. The number of ether oxygens (including phenoxy) is 1. The van der Waals surface area contributed by atoms with Crippen molar-refractivity contribution in [2.24, 2.45) is 0 Å². The van der Waals surface area contributed by atoms with E-state index in [4.69, 9.17) is 14.3 Å². The van der Waals surface area contributed by atoms with Gasteiger partial charge in [0.1, 0.15) is 24.5 Å². The second kappa shape index (κ2) is 6.03. The lowest BCUT2D eigenvalue weighted by Crippen LogP contribution is -2.30. The van der Waals surface area contributed by atoms with E-state index in [1.807, 2.05) is 26.0 Å². The topological polar surface area (TPSA) is 88.8 Å². The minimum absolute atomic E-state index is 0.164. The molecule has 2 aromatic rings. The van der Waals surface area contributed by atoms with E-state index in [0.29, 0.717) is 12.2 Å². The number of fused-ring (bicyclic) bond motifs is 1. The molecular weight excluding hydrogens is 310 g/mol. The Kier molecular flexibility index (Phi) is 4.05. The summed E-state index contributed by atoms with van der Waals surface area (Å²) in [5.74, 6) is -0.414. The maximum absolute atomic E-state index is 12.6. The summed E-state index contributed by atoms with van der Waals surface area (Å²) in [7, 11) is 0. The molecule has 0 saturated carbocycles. The monoisotopic (exact) mass is 329 g/mol. The highest BCUT2D eigenvalue weighted by Gasteiger charge is 2.29. The van der Waals surface area contributed by atoms with E-state index < -0.39 is 5.97 Å². The van der Waals surface area contributed by atoms with Gasteiger partial charge in [-0.15, -0.1) is 0 Å². The van der Waals surface area contributed by atoms with Gasteiger partial charge < -0.3 is 19.6 Å². The molecule has 24 heavy (non-hydrogen) atoms. The van der Waals surface area contributed by atoms with Gasteiger partial charge in [0.25, 0.3) is 5.91 Å². The summed E-state index contributed by atoms with van der Waals surface area (Å²) in [6.45, 7) is 6.08. The first kappa shape index (κ1) is 16.1. The number of hydrogen-bond acceptors (Lipinski definition) is 4. The van der Waals surface area contributed by atoms with E-state index in [0.717, 1.165) is 22.4 Å². The van der Waals surface area contributed by atoms with Crippen molar-refractivity contribution < 1.29 is 23.8 Å². The van der Waals surface area contributed by atoms with Crippen molar-refractivity contribution in [2.75, 3.05) is 6.61 Å². The van der Waals surface area contributed by atoms with E-state index in [9.17, 15) is 9.59 Å². The average molecular weight is 329 g/mol. The summed E-state index contributed by atoms with van der Waals surface area (Å²) in [5.41, 5.74) is 4.04. The molecule has 2 heterocycles. The van der Waals surface area contributed by atoms with Crippen molar-refractivity contribution in [3.05, 3.63) is 52.0 Å². The molecule has 1 aromatic carbocycles. The summed E-state index contributed by atoms with van der Waals surface area (Å²) in [6.07, 6.45) is 1.08. The standard InChI is InChI=1S/C18H19NO5/c1-9-4-5-12-13(8-24-17(12)11(9)3)19-18(22)16-10(2)7-23-14(16)6-15(20)21/h4-5,7,13H,6,8H2,1-3H3,(H,19,22)(H,20,21). The van der Waals surface area contributed by atoms with Gasteiger partial charge in [-0.1, -0.05) is 12.1 Å².